The van der Waals surface area contributed by atoms with Crippen LogP contribution in [0.1, 0.15) is 53.7 Å². The fourth-order valence-electron chi connectivity index (χ4n) is 4.19. The normalized spacial score (nSPS) is 17.9. The van der Waals surface area contributed by atoms with Gasteiger partial charge in [-0.1, -0.05) is 12.8 Å². The Labute approximate surface area is 150 Å². The molecule has 0 atom stereocenters. The molecule has 6 heteroatoms. The van der Waals surface area contributed by atoms with E-state index in [9.17, 15) is 15.4 Å². The number of nitro groups is 1. The lowest BCUT2D eigenvalue weighted by Gasteiger charge is -2.31. The van der Waals surface area contributed by atoms with Gasteiger partial charge in [-0.15, -0.1) is 11.3 Å². The number of hydrogen-bond donors (Lipinski definition) is 1. The maximum absolute atomic E-state index is 10.9. The van der Waals surface area contributed by atoms with E-state index in [2.05, 4.69) is 11.4 Å². The summed E-state index contributed by atoms with van der Waals surface area (Å²) in [5.41, 5.74) is 3.01. The number of aryl methyl sites for hydroxylation is 1. The lowest BCUT2D eigenvalue weighted by molar-refractivity contribution is -0.384. The molecule has 1 aromatic carbocycles. The number of hydrogen-bond acceptors (Lipinski definition) is 5. The Balaban J connectivity index is 1.70. The molecular weight excluding hydrogens is 334 g/mol. The van der Waals surface area contributed by atoms with Gasteiger partial charge in [0, 0.05) is 17.0 Å². The van der Waals surface area contributed by atoms with Crippen LogP contribution in [-0.4, -0.2) is 4.92 Å². The van der Waals surface area contributed by atoms with Crippen LogP contribution < -0.4 is 5.32 Å². The quantitative estimate of drug-likeness (QED) is 0.626. The maximum atomic E-state index is 10.9. The number of nitrogens with zero attached hydrogens (tertiary/aromatic N) is 2. The predicted octanol–water partition coefficient (Wildman–Crippen LogP) is 4.90. The molecule has 0 amide bonds. The number of benzene rings is 1. The topological polar surface area (TPSA) is 79.0 Å². The molecule has 0 bridgehead atoms. The molecule has 0 radical (unpaired) electrons. The van der Waals surface area contributed by atoms with Crippen molar-refractivity contribution in [1.82, 2.24) is 0 Å². The van der Waals surface area contributed by atoms with E-state index in [0.29, 0.717) is 0 Å². The van der Waals surface area contributed by atoms with Crippen LogP contribution >= 0.6 is 11.3 Å². The molecule has 1 aromatic heterocycles. The van der Waals surface area contributed by atoms with Gasteiger partial charge in [0.2, 0.25) is 0 Å². The number of non-ortho nitro benzene ring substituents is 1. The Hall–Kier alpha value is -2.39. The zero-order chi connectivity index (χ0) is 17.4. The molecule has 25 heavy (non-hydrogen) atoms. The monoisotopic (exact) mass is 353 g/mol. The molecule has 0 unspecified atom stereocenters. The largest absolute Gasteiger partial charge is 0.366 e. The van der Waals surface area contributed by atoms with Crippen molar-refractivity contribution < 1.29 is 4.92 Å². The summed E-state index contributed by atoms with van der Waals surface area (Å²) in [5, 5.41) is 25.2. The van der Waals surface area contributed by atoms with E-state index < -0.39 is 0 Å². The van der Waals surface area contributed by atoms with Crippen LogP contribution in [0, 0.1) is 21.4 Å². The molecule has 4 rings (SSSR count). The third-order valence-corrected chi connectivity index (χ3v) is 6.68. The van der Waals surface area contributed by atoms with Crippen molar-refractivity contribution in [2.24, 2.45) is 0 Å². The fraction of sp³-hybridized carbons (Fsp3) is 0.421. The van der Waals surface area contributed by atoms with Crippen LogP contribution in [0.4, 0.5) is 10.7 Å². The summed E-state index contributed by atoms with van der Waals surface area (Å²) in [7, 11) is 0. The van der Waals surface area contributed by atoms with Crippen molar-refractivity contribution in [3.8, 4) is 6.07 Å². The Kier molecular flexibility index (Phi) is 3.97. The van der Waals surface area contributed by atoms with Gasteiger partial charge in [0.1, 0.15) is 11.1 Å². The number of anilines is 1. The molecule has 1 N–H and O–H groups in total. The summed E-state index contributed by atoms with van der Waals surface area (Å²) in [6.07, 6.45) is 7.43. The average Bonchev–Trinajstić information content (AvgIpc) is 3.32. The highest BCUT2D eigenvalue weighted by Gasteiger charge is 2.37. The van der Waals surface area contributed by atoms with Gasteiger partial charge < -0.3 is 5.32 Å². The molecule has 2 aromatic rings. The van der Waals surface area contributed by atoms with Crippen molar-refractivity contribution in [2.45, 2.75) is 50.5 Å². The number of fused-ring (bicyclic) bond motifs is 1. The van der Waals surface area contributed by atoms with Crippen molar-refractivity contribution in [3.05, 3.63) is 55.9 Å². The summed E-state index contributed by atoms with van der Waals surface area (Å²) >= 11 is 1.72. The lowest BCUT2D eigenvalue weighted by Crippen LogP contribution is -2.32. The van der Waals surface area contributed by atoms with Crippen LogP contribution in [0.25, 0.3) is 0 Å². The van der Waals surface area contributed by atoms with Gasteiger partial charge in [0.25, 0.3) is 5.69 Å². The van der Waals surface area contributed by atoms with Crippen LogP contribution in [0.15, 0.2) is 24.3 Å². The van der Waals surface area contributed by atoms with E-state index in [1.807, 2.05) is 12.1 Å². The SMILES string of the molecule is N#Cc1c(NC2(c3ccc([N+](=O)[O-])cc3)CCCC2)sc2c1CCC2. The Morgan fingerprint density at radius 2 is 1.88 bits per heavy atom. The third kappa shape index (κ3) is 2.69. The molecule has 2 aliphatic carbocycles. The van der Waals surface area contributed by atoms with Crippen molar-refractivity contribution in [1.29, 1.82) is 5.26 Å². The summed E-state index contributed by atoms with van der Waals surface area (Å²) in [6, 6.07) is 9.29. The molecule has 5 nitrogen and oxygen atoms in total. The van der Waals surface area contributed by atoms with E-state index in [4.69, 9.17) is 0 Å². The second kappa shape index (κ2) is 6.16. The highest BCUT2D eigenvalue weighted by Crippen LogP contribution is 2.46. The Morgan fingerprint density at radius 1 is 1.16 bits per heavy atom. The second-order valence-electron chi connectivity index (χ2n) is 6.89. The highest BCUT2D eigenvalue weighted by molar-refractivity contribution is 7.16. The average molecular weight is 353 g/mol. The standard InChI is InChI=1S/C19H19N3O2S/c20-12-16-15-4-3-5-17(15)25-18(16)21-19(10-1-2-11-19)13-6-8-14(9-7-13)22(23)24/h6-9,21H,1-5,10-11H2. The van der Waals surface area contributed by atoms with Gasteiger partial charge in [-0.3, -0.25) is 10.1 Å². The molecule has 1 fully saturated rings. The summed E-state index contributed by atoms with van der Waals surface area (Å²) in [5.74, 6) is 0. The summed E-state index contributed by atoms with van der Waals surface area (Å²) in [4.78, 5) is 11.9. The molecule has 2 aliphatic rings. The first-order valence-electron chi connectivity index (χ1n) is 8.71. The maximum Gasteiger partial charge on any atom is 0.269 e. The fourth-order valence-corrected chi connectivity index (χ4v) is 5.53. The first-order chi connectivity index (χ1) is 12.1. The van der Waals surface area contributed by atoms with Crippen LogP contribution in [-0.2, 0) is 18.4 Å². The van der Waals surface area contributed by atoms with Crippen LogP contribution in [0.3, 0.4) is 0 Å². The van der Waals surface area contributed by atoms with Gasteiger partial charge >= 0.3 is 0 Å². The van der Waals surface area contributed by atoms with E-state index in [0.717, 1.165) is 61.1 Å². The summed E-state index contributed by atoms with van der Waals surface area (Å²) < 4.78 is 0. The molecular formula is C19H19N3O2S. The van der Waals surface area contributed by atoms with E-state index in [-0.39, 0.29) is 16.1 Å². The van der Waals surface area contributed by atoms with Gasteiger partial charge in [-0.2, -0.15) is 5.26 Å². The Morgan fingerprint density at radius 3 is 2.52 bits per heavy atom. The van der Waals surface area contributed by atoms with Crippen LogP contribution in [0.5, 0.6) is 0 Å². The highest BCUT2D eigenvalue weighted by atomic mass is 32.1. The number of nitriles is 1. The molecule has 0 saturated heterocycles. The zero-order valence-corrected chi connectivity index (χ0v) is 14.7. The van der Waals surface area contributed by atoms with Crippen molar-refractivity contribution in [3.63, 3.8) is 0 Å². The molecule has 0 aliphatic heterocycles. The number of thiophene rings is 1. The van der Waals surface area contributed by atoms with Gasteiger partial charge in [0.15, 0.2) is 0 Å². The predicted molar refractivity (Wildman–Crippen MR) is 97.9 cm³/mol. The van der Waals surface area contributed by atoms with Crippen LogP contribution in [0.2, 0.25) is 0 Å². The molecule has 1 heterocycles. The zero-order valence-electron chi connectivity index (χ0n) is 13.9. The smallest absolute Gasteiger partial charge is 0.269 e. The van der Waals surface area contributed by atoms with Gasteiger partial charge in [0.05, 0.1) is 16.0 Å². The summed E-state index contributed by atoms with van der Waals surface area (Å²) in [6.45, 7) is 0. The first kappa shape index (κ1) is 16.1. The number of rotatable bonds is 4. The minimum Gasteiger partial charge on any atom is -0.366 e. The van der Waals surface area contributed by atoms with E-state index in [1.165, 1.54) is 10.4 Å². The minimum atomic E-state index is -0.365. The Bertz CT molecular complexity index is 858. The minimum absolute atomic E-state index is 0.115. The van der Waals surface area contributed by atoms with Crippen molar-refractivity contribution >= 4 is 22.0 Å². The third-order valence-electron chi connectivity index (χ3n) is 5.47. The van der Waals surface area contributed by atoms with E-state index in [1.54, 1.807) is 23.5 Å². The molecule has 0 spiro atoms. The van der Waals surface area contributed by atoms with Gasteiger partial charge in [-0.25, -0.2) is 0 Å². The van der Waals surface area contributed by atoms with E-state index >= 15 is 0 Å². The van der Waals surface area contributed by atoms with Crippen molar-refractivity contribution in [2.75, 3.05) is 5.32 Å². The molecule has 128 valence electrons. The molecule has 1 saturated carbocycles. The van der Waals surface area contributed by atoms with Gasteiger partial charge in [-0.05, 0) is 55.4 Å². The number of nitro benzene ring substituents is 1. The number of nitrogens with one attached hydrogen (secondary N) is 1. The second-order valence-corrected chi connectivity index (χ2v) is 8.00. The lowest BCUT2D eigenvalue weighted by atomic mass is 9.88. The first-order valence-corrected chi connectivity index (χ1v) is 9.52.